The Bertz CT molecular complexity index is 730. The predicted molar refractivity (Wildman–Crippen MR) is 102 cm³/mol. The van der Waals surface area contributed by atoms with Gasteiger partial charge >= 0.3 is 0 Å². The smallest absolute Gasteiger partial charge is 0.261 e. The molecule has 0 aliphatic rings. The first-order valence-corrected chi connectivity index (χ1v) is 8.79. The summed E-state index contributed by atoms with van der Waals surface area (Å²) >= 11 is 0. The van der Waals surface area contributed by atoms with Gasteiger partial charge in [0, 0.05) is 6.54 Å². The molecule has 0 aromatic heterocycles. The Kier molecular flexibility index (Phi) is 7.33. The van der Waals surface area contributed by atoms with Crippen molar-refractivity contribution in [2.45, 2.75) is 32.8 Å². The summed E-state index contributed by atoms with van der Waals surface area (Å²) in [6.45, 7) is 4.47. The second kappa shape index (κ2) is 9.70. The van der Waals surface area contributed by atoms with E-state index in [1.54, 1.807) is 14.2 Å². The van der Waals surface area contributed by atoms with Crippen molar-refractivity contribution in [3.63, 3.8) is 0 Å². The molecule has 0 fully saturated rings. The molecule has 26 heavy (non-hydrogen) atoms. The van der Waals surface area contributed by atoms with Crippen LogP contribution in [0.2, 0.25) is 0 Å². The molecule has 0 aliphatic heterocycles. The highest BCUT2D eigenvalue weighted by atomic mass is 16.5. The molecule has 0 heterocycles. The summed E-state index contributed by atoms with van der Waals surface area (Å²) in [6, 6.07) is 13.5. The molecule has 2 aromatic rings. The molecule has 5 nitrogen and oxygen atoms in total. The summed E-state index contributed by atoms with van der Waals surface area (Å²) in [4.78, 5) is 12.4. The quantitative estimate of drug-likeness (QED) is 0.746. The maximum Gasteiger partial charge on any atom is 0.261 e. The highest BCUT2D eigenvalue weighted by molar-refractivity contribution is 5.81. The number of aryl methyl sites for hydroxylation is 1. The van der Waals surface area contributed by atoms with Gasteiger partial charge in [-0.3, -0.25) is 4.79 Å². The number of hydrogen-bond donors (Lipinski definition) is 1. The van der Waals surface area contributed by atoms with Crippen molar-refractivity contribution in [1.29, 1.82) is 0 Å². The van der Waals surface area contributed by atoms with E-state index >= 15 is 0 Å². The molecule has 0 bridgehead atoms. The lowest BCUT2D eigenvalue weighted by atomic mass is 10.1. The first-order valence-electron chi connectivity index (χ1n) is 8.79. The fourth-order valence-corrected chi connectivity index (χ4v) is 2.66. The predicted octanol–water partition coefficient (Wildman–Crippen LogP) is 3.53. The van der Waals surface area contributed by atoms with Crippen LogP contribution in [-0.2, 0) is 11.2 Å². The molecule has 1 atom stereocenters. The molecular weight excluding hydrogens is 330 g/mol. The van der Waals surface area contributed by atoms with Gasteiger partial charge in [0.15, 0.2) is 17.6 Å². The molecule has 2 aromatic carbocycles. The second-order valence-corrected chi connectivity index (χ2v) is 6.06. The van der Waals surface area contributed by atoms with Gasteiger partial charge < -0.3 is 19.5 Å². The van der Waals surface area contributed by atoms with Crippen LogP contribution in [0.1, 0.15) is 24.5 Å². The van der Waals surface area contributed by atoms with Crippen LogP contribution < -0.4 is 19.5 Å². The van der Waals surface area contributed by atoms with Gasteiger partial charge in [0.1, 0.15) is 5.75 Å². The number of amides is 1. The minimum absolute atomic E-state index is 0.102. The van der Waals surface area contributed by atoms with E-state index in [0.29, 0.717) is 36.6 Å². The number of hydrogen-bond acceptors (Lipinski definition) is 4. The van der Waals surface area contributed by atoms with Crippen LogP contribution in [0.25, 0.3) is 0 Å². The zero-order valence-electron chi connectivity index (χ0n) is 15.9. The monoisotopic (exact) mass is 357 g/mol. The van der Waals surface area contributed by atoms with Crippen LogP contribution in [0, 0.1) is 6.92 Å². The standard InChI is InChI=1S/C21H27NO4/c1-5-18(26-17-8-6-7-15(2)13-17)21(23)22-12-11-16-9-10-19(24-3)20(14-16)25-4/h6-10,13-14,18H,5,11-12H2,1-4H3,(H,22,23). The minimum Gasteiger partial charge on any atom is -0.493 e. The van der Waals surface area contributed by atoms with Crippen LogP contribution in [0.4, 0.5) is 0 Å². The van der Waals surface area contributed by atoms with Crippen molar-refractivity contribution in [2.24, 2.45) is 0 Å². The van der Waals surface area contributed by atoms with E-state index in [1.165, 1.54) is 0 Å². The van der Waals surface area contributed by atoms with Gasteiger partial charge in [0.2, 0.25) is 0 Å². The van der Waals surface area contributed by atoms with Gasteiger partial charge in [0.05, 0.1) is 14.2 Å². The minimum atomic E-state index is -0.498. The molecule has 2 rings (SSSR count). The SMILES string of the molecule is CCC(Oc1cccc(C)c1)C(=O)NCCc1ccc(OC)c(OC)c1. The van der Waals surface area contributed by atoms with Crippen molar-refractivity contribution in [3.05, 3.63) is 53.6 Å². The Morgan fingerprint density at radius 1 is 1.08 bits per heavy atom. The van der Waals surface area contributed by atoms with Gasteiger partial charge in [-0.1, -0.05) is 25.1 Å². The van der Waals surface area contributed by atoms with E-state index in [0.717, 1.165) is 11.1 Å². The fraction of sp³-hybridized carbons (Fsp3) is 0.381. The van der Waals surface area contributed by atoms with E-state index in [9.17, 15) is 4.79 Å². The summed E-state index contributed by atoms with van der Waals surface area (Å²) in [7, 11) is 3.22. The van der Waals surface area contributed by atoms with Crippen LogP contribution in [-0.4, -0.2) is 32.8 Å². The fourth-order valence-electron chi connectivity index (χ4n) is 2.66. The number of methoxy groups -OCH3 is 2. The molecule has 140 valence electrons. The number of benzene rings is 2. The first kappa shape index (κ1) is 19.6. The van der Waals surface area contributed by atoms with Crippen molar-refractivity contribution in [1.82, 2.24) is 5.32 Å². The Morgan fingerprint density at radius 3 is 2.50 bits per heavy atom. The topological polar surface area (TPSA) is 56.8 Å². The largest absolute Gasteiger partial charge is 0.493 e. The molecule has 1 unspecified atom stereocenters. The number of carbonyl (C=O) groups is 1. The number of nitrogens with one attached hydrogen (secondary N) is 1. The van der Waals surface area contributed by atoms with Gasteiger partial charge in [-0.05, 0) is 55.2 Å². The summed E-state index contributed by atoms with van der Waals surface area (Å²) in [5.41, 5.74) is 2.17. The van der Waals surface area contributed by atoms with Crippen molar-refractivity contribution in [3.8, 4) is 17.2 Å². The first-order chi connectivity index (χ1) is 12.6. The van der Waals surface area contributed by atoms with Gasteiger partial charge in [-0.2, -0.15) is 0 Å². The van der Waals surface area contributed by atoms with Crippen LogP contribution in [0.15, 0.2) is 42.5 Å². The van der Waals surface area contributed by atoms with Crippen LogP contribution >= 0.6 is 0 Å². The maximum atomic E-state index is 12.4. The number of carbonyl (C=O) groups excluding carboxylic acids is 1. The molecule has 1 amide bonds. The highest BCUT2D eigenvalue weighted by Gasteiger charge is 2.18. The normalized spacial score (nSPS) is 11.5. The Hall–Kier alpha value is -2.69. The van der Waals surface area contributed by atoms with Crippen LogP contribution in [0.3, 0.4) is 0 Å². The zero-order valence-corrected chi connectivity index (χ0v) is 15.9. The summed E-state index contributed by atoms with van der Waals surface area (Å²) in [5.74, 6) is 1.99. The molecule has 0 saturated heterocycles. The summed E-state index contributed by atoms with van der Waals surface area (Å²) < 4.78 is 16.4. The van der Waals surface area contributed by atoms with Crippen molar-refractivity contribution >= 4 is 5.91 Å². The summed E-state index contributed by atoms with van der Waals surface area (Å²) in [5, 5.41) is 2.95. The van der Waals surface area contributed by atoms with Crippen molar-refractivity contribution < 1.29 is 19.0 Å². The third-order valence-corrected chi connectivity index (χ3v) is 4.09. The molecule has 5 heteroatoms. The lowest BCUT2D eigenvalue weighted by Crippen LogP contribution is -2.38. The second-order valence-electron chi connectivity index (χ2n) is 6.06. The Morgan fingerprint density at radius 2 is 1.85 bits per heavy atom. The van der Waals surface area contributed by atoms with E-state index < -0.39 is 6.10 Å². The Labute approximate surface area is 155 Å². The highest BCUT2D eigenvalue weighted by Crippen LogP contribution is 2.27. The lowest BCUT2D eigenvalue weighted by molar-refractivity contribution is -0.128. The number of rotatable bonds is 9. The molecule has 1 N–H and O–H groups in total. The maximum absolute atomic E-state index is 12.4. The van der Waals surface area contributed by atoms with Crippen molar-refractivity contribution in [2.75, 3.05) is 20.8 Å². The molecule has 0 aliphatic carbocycles. The van der Waals surface area contributed by atoms with Gasteiger partial charge in [-0.25, -0.2) is 0 Å². The van der Waals surface area contributed by atoms with Gasteiger partial charge in [-0.15, -0.1) is 0 Å². The van der Waals surface area contributed by atoms with Gasteiger partial charge in [0.25, 0.3) is 5.91 Å². The molecular formula is C21H27NO4. The van der Waals surface area contributed by atoms with E-state index in [4.69, 9.17) is 14.2 Å². The molecule has 0 saturated carbocycles. The Balaban J connectivity index is 1.88. The lowest BCUT2D eigenvalue weighted by Gasteiger charge is -2.17. The molecule has 0 spiro atoms. The third-order valence-electron chi connectivity index (χ3n) is 4.09. The van der Waals surface area contributed by atoms with E-state index in [1.807, 2.05) is 56.3 Å². The average molecular weight is 357 g/mol. The van der Waals surface area contributed by atoms with E-state index in [2.05, 4.69) is 5.32 Å². The van der Waals surface area contributed by atoms with Crippen LogP contribution in [0.5, 0.6) is 17.2 Å². The number of ether oxygens (including phenoxy) is 3. The van der Waals surface area contributed by atoms with E-state index in [-0.39, 0.29) is 5.91 Å². The molecule has 0 radical (unpaired) electrons. The average Bonchev–Trinajstić information content (AvgIpc) is 2.65. The summed E-state index contributed by atoms with van der Waals surface area (Å²) in [6.07, 6.45) is 0.811. The zero-order chi connectivity index (χ0) is 18.9. The third kappa shape index (κ3) is 5.41.